The molecule has 2 N–H and O–H groups in total. The molecule has 2 saturated heterocycles. The van der Waals surface area contributed by atoms with E-state index in [0.717, 1.165) is 12.8 Å². The zero-order chi connectivity index (χ0) is 14.7. The standard InChI is InChI=1S/C11H20N2O5S2/c14-11(9-1-3-12(5-9)7-19(15)16)10-2-4-13(6-10)8-20(17)18/h9-10H,1-8H2,(H,15,16)(H,17,18). The highest BCUT2D eigenvalue weighted by Gasteiger charge is 2.36. The van der Waals surface area contributed by atoms with E-state index >= 15 is 0 Å². The van der Waals surface area contributed by atoms with Crippen LogP contribution in [0.1, 0.15) is 12.8 Å². The third kappa shape index (κ3) is 4.40. The summed E-state index contributed by atoms with van der Waals surface area (Å²) in [6, 6.07) is 0. The average Bonchev–Trinajstić information content (AvgIpc) is 2.96. The highest BCUT2D eigenvalue weighted by atomic mass is 32.2. The van der Waals surface area contributed by atoms with E-state index in [1.807, 2.05) is 9.80 Å². The number of likely N-dealkylation sites (tertiary alicyclic amines) is 2. The molecule has 2 fully saturated rings. The van der Waals surface area contributed by atoms with Gasteiger partial charge in [-0.1, -0.05) is 0 Å². The summed E-state index contributed by atoms with van der Waals surface area (Å²) in [5.74, 6) is 0.266. The van der Waals surface area contributed by atoms with Crippen LogP contribution >= 0.6 is 0 Å². The van der Waals surface area contributed by atoms with Crippen molar-refractivity contribution in [3.8, 4) is 0 Å². The van der Waals surface area contributed by atoms with Crippen LogP contribution in [-0.4, -0.2) is 71.0 Å². The maximum Gasteiger partial charge on any atom is 0.167 e. The van der Waals surface area contributed by atoms with Gasteiger partial charge in [0.1, 0.15) is 17.5 Å². The molecule has 9 heteroatoms. The van der Waals surface area contributed by atoms with Gasteiger partial charge in [0, 0.05) is 24.9 Å². The summed E-state index contributed by atoms with van der Waals surface area (Å²) >= 11 is -3.71. The lowest BCUT2D eigenvalue weighted by Crippen LogP contribution is -2.31. The molecule has 0 spiro atoms. The molecule has 0 radical (unpaired) electrons. The number of nitrogens with zero attached hydrogens (tertiary/aromatic N) is 2. The van der Waals surface area contributed by atoms with Gasteiger partial charge in [0.25, 0.3) is 0 Å². The molecule has 20 heavy (non-hydrogen) atoms. The zero-order valence-electron chi connectivity index (χ0n) is 11.1. The predicted molar refractivity (Wildman–Crippen MR) is 75.6 cm³/mol. The van der Waals surface area contributed by atoms with Crippen LogP contribution in [0.15, 0.2) is 0 Å². The molecule has 116 valence electrons. The van der Waals surface area contributed by atoms with Gasteiger partial charge in [-0.25, -0.2) is 8.42 Å². The quantitative estimate of drug-likeness (QED) is 0.639. The fourth-order valence-electron chi connectivity index (χ4n) is 3.01. The Bertz CT molecular complexity index is 384. The molecule has 0 bridgehead atoms. The number of Topliss-reactive ketones (excluding diaryl/α,β-unsaturated/α-hetero) is 1. The Labute approximate surface area is 123 Å². The molecule has 0 aromatic rings. The lowest BCUT2D eigenvalue weighted by atomic mass is 9.91. The number of ketones is 1. The van der Waals surface area contributed by atoms with Crippen molar-refractivity contribution < 1.29 is 22.3 Å². The van der Waals surface area contributed by atoms with E-state index in [1.54, 1.807) is 0 Å². The fraction of sp³-hybridized carbons (Fsp3) is 0.909. The SMILES string of the molecule is O=C(C1CCN(CS(=O)O)C1)C1CCN(CS(=O)O)C1. The van der Waals surface area contributed by atoms with Gasteiger partial charge in [-0.15, -0.1) is 0 Å². The molecule has 2 heterocycles. The van der Waals surface area contributed by atoms with Gasteiger partial charge in [0.15, 0.2) is 22.2 Å². The molecule has 2 aliphatic rings. The first-order valence-electron chi connectivity index (χ1n) is 6.59. The van der Waals surface area contributed by atoms with E-state index in [9.17, 15) is 13.2 Å². The second-order valence-corrected chi connectivity index (χ2v) is 7.23. The molecule has 2 rings (SSSR count). The molecule has 0 saturated carbocycles. The summed E-state index contributed by atoms with van der Waals surface area (Å²) in [7, 11) is 0. The minimum Gasteiger partial charge on any atom is -0.305 e. The molecule has 0 amide bonds. The highest BCUT2D eigenvalue weighted by Crippen LogP contribution is 2.26. The largest absolute Gasteiger partial charge is 0.305 e. The third-order valence-electron chi connectivity index (χ3n) is 3.94. The predicted octanol–water partition coefficient (Wildman–Crippen LogP) is -0.442. The topological polar surface area (TPSA) is 98.2 Å². The Morgan fingerprint density at radius 1 is 0.950 bits per heavy atom. The number of hydrogen-bond acceptors (Lipinski definition) is 5. The number of hydrogen-bond donors (Lipinski definition) is 2. The first-order chi connectivity index (χ1) is 9.45. The van der Waals surface area contributed by atoms with Crippen molar-refractivity contribution in [2.24, 2.45) is 11.8 Å². The van der Waals surface area contributed by atoms with Crippen LogP contribution in [0, 0.1) is 11.8 Å². The van der Waals surface area contributed by atoms with Crippen molar-refractivity contribution in [2.75, 3.05) is 37.9 Å². The van der Waals surface area contributed by atoms with Crippen LogP contribution in [0.5, 0.6) is 0 Å². The van der Waals surface area contributed by atoms with Gasteiger partial charge >= 0.3 is 0 Å². The Morgan fingerprint density at radius 2 is 1.35 bits per heavy atom. The van der Waals surface area contributed by atoms with Crippen LogP contribution in [0.2, 0.25) is 0 Å². The van der Waals surface area contributed by atoms with Gasteiger partial charge in [0.05, 0.1) is 0 Å². The van der Waals surface area contributed by atoms with Crippen molar-refractivity contribution >= 4 is 27.9 Å². The Morgan fingerprint density at radius 3 is 1.70 bits per heavy atom. The third-order valence-corrected chi connectivity index (χ3v) is 5.11. The van der Waals surface area contributed by atoms with E-state index in [1.165, 1.54) is 0 Å². The smallest absolute Gasteiger partial charge is 0.167 e. The monoisotopic (exact) mass is 324 g/mol. The molecule has 0 aromatic heterocycles. The summed E-state index contributed by atoms with van der Waals surface area (Å²) in [4.78, 5) is 16.1. The van der Waals surface area contributed by atoms with Gasteiger partial charge in [-0.05, 0) is 25.9 Å². The second-order valence-electron chi connectivity index (χ2n) is 5.43. The number of carbonyl (C=O) groups excluding carboxylic acids is 1. The van der Waals surface area contributed by atoms with Crippen molar-refractivity contribution in [3.63, 3.8) is 0 Å². The summed E-state index contributed by atoms with van der Waals surface area (Å²) < 4.78 is 39.2. The summed E-state index contributed by atoms with van der Waals surface area (Å²) in [5.41, 5.74) is 0. The van der Waals surface area contributed by atoms with Crippen LogP contribution in [0.3, 0.4) is 0 Å². The van der Waals surface area contributed by atoms with Crippen molar-refractivity contribution in [2.45, 2.75) is 12.8 Å². The number of rotatable bonds is 6. The van der Waals surface area contributed by atoms with Crippen LogP contribution in [0.25, 0.3) is 0 Å². The van der Waals surface area contributed by atoms with E-state index in [0.29, 0.717) is 26.2 Å². The first-order valence-corrected chi connectivity index (χ1v) is 9.14. The number of carbonyl (C=O) groups is 1. The van der Waals surface area contributed by atoms with E-state index in [2.05, 4.69) is 0 Å². The Kier molecular flexibility index (Phi) is 5.82. The minimum atomic E-state index is -1.85. The molecule has 4 unspecified atom stereocenters. The van der Waals surface area contributed by atoms with E-state index in [4.69, 9.17) is 9.11 Å². The Balaban J connectivity index is 1.81. The maximum absolute atomic E-state index is 12.4. The highest BCUT2D eigenvalue weighted by molar-refractivity contribution is 7.79. The Hall–Kier alpha value is -0.190. The summed E-state index contributed by atoms with van der Waals surface area (Å²) in [5, 5.41) is 0. The summed E-state index contributed by atoms with van der Waals surface area (Å²) in [6.45, 7) is 2.46. The summed E-state index contributed by atoms with van der Waals surface area (Å²) in [6.07, 6.45) is 1.47. The fourth-order valence-corrected chi connectivity index (χ4v) is 4.10. The normalized spacial score (nSPS) is 31.5. The van der Waals surface area contributed by atoms with Crippen molar-refractivity contribution in [3.05, 3.63) is 0 Å². The van der Waals surface area contributed by atoms with Gasteiger partial charge in [-0.2, -0.15) is 0 Å². The van der Waals surface area contributed by atoms with Gasteiger partial charge < -0.3 is 9.11 Å². The van der Waals surface area contributed by atoms with Crippen LogP contribution in [-0.2, 0) is 27.0 Å². The molecule has 0 aromatic carbocycles. The van der Waals surface area contributed by atoms with Gasteiger partial charge in [-0.3, -0.25) is 14.6 Å². The molecule has 0 aliphatic carbocycles. The van der Waals surface area contributed by atoms with Crippen molar-refractivity contribution in [1.29, 1.82) is 0 Å². The van der Waals surface area contributed by atoms with E-state index in [-0.39, 0.29) is 29.4 Å². The van der Waals surface area contributed by atoms with Gasteiger partial charge in [0.2, 0.25) is 0 Å². The van der Waals surface area contributed by atoms with Crippen LogP contribution < -0.4 is 0 Å². The second kappa shape index (κ2) is 7.19. The molecule has 4 atom stereocenters. The van der Waals surface area contributed by atoms with Crippen LogP contribution in [0.4, 0.5) is 0 Å². The molecular formula is C11H20N2O5S2. The molecule has 7 nitrogen and oxygen atoms in total. The lowest BCUT2D eigenvalue weighted by molar-refractivity contribution is -0.126. The lowest BCUT2D eigenvalue weighted by Gasteiger charge is -2.17. The average molecular weight is 324 g/mol. The molecular weight excluding hydrogens is 304 g/mol. The van der Waals surface area contributed by atoms with E-state index < -0.39 is 22.2 Å². The maximum atomic E-state index is 12.4. The minimum absolute atomic E-state index is 0.0666. The zero-order valence-corrected chi connectivity index (χ0v) is 12.8. The van der Waals surface area contributed by atoms with Crippen molar-refractivity contribution in [1.82, 2.24) is 9.80 Å². The molecule has 2 aliphatic heterocycles. The first kappa shape index (κ1) is 16.2.